The first-order valence-electron chi connectivity index (χ1n) is 19.1. The molecule has 54 heavy (non-hydrogen) atoms. The van der Waals surface area contributed by atoms with E-state index in [2.05, 4.69) is 207 Å². The van der Waals surface area contributed by atoms with Crippen LogP contribution in [0.3, 0.4) is 0 Å². The van der Waals surface area contributed by atoms with E-state index in [1.807, 2.05) is 0 Å². The molecule has 2 nitrogen and oxygen atoms in total. The molecule has 0 spiro atoms. The van der Waals surface area contributed by atoms with Crippen LogP contribution in [0.4, 0.5) is 17.1 Å². The van der Waals surface area contributed by atoms with Gasteiger partial charge in [0.15, 0.2) is 0 Å². The highest BCUT2D eigenvalue weighted by Gasteiger charge is 2.37. The summed E-state index contributed by atoms with van der Waals surface area (Å²) >= 11 is 0. The Labute approximate surface area is 316 Å². The van der Waals surface area contributed by atoms with E-state index in [1.165, 1.54) is 82.8 Å². The van der Waals surface area contributed by atoms with Crippen LogP contribution in [0.5, 0.6) is 0 Å². The Hall–Kier alpha value is -6.38. The highest BCUT2D eigenvalue weighted by Crippen LogP contribution is 2.52. The zero-order chi connectivity index (χ0) is 36.3. The van der Waals surface area contributed by atoms with Crippen LogP contribution in [-0.2, 0) is 10.8 Å². The summed E-state index contributed by atoms with van der Waals surface area (Å²) in [5.41, 5.74) is 17.7. The Morgan fingerprint density at radius 2 is 1.04 bits per heavy atom. The Bertz CT molecular complexity index is 2990. The lowest BCUT2D eigenvalue weighted by Gasteiger charge is -2.35. The third-order valence-corrected chi connectivity index (χ3v) is 12.5. The first kappa shape index (κ1) is 31.2. The minimum absolute atomic E-state index is 0.0861. The lowest BCUT2D eigenvalue weighted by atomic mass is 9.74. The van der Waals surface area contributed by atoms with Gasteiger partial charge < -0.3 is 9.47 Å². The number of nitrogens with zero attached hydrogens (tertiary/aromatic N) is 2. The molecule has 11 rings (SSSR count). The molecule has 2 heterocycles. The summed E-state index contributed by atoms with van der Waals surface area (Å²) in [4.78, 5) is 2.43. The van der Waals surface area contributed by atoms with Gasteiger partial charge in [0.05, 0.1) is 16.7 Å². The maximum absolute atomic E-state index is 2.49. The monoisotopic (exact) mass is 692 g/mol. The molecule has 0 saturated heterocycles. The van der Waals surface area contributed by atoms with Crippen molar-refractivity contribution < 1.29 is 0 Å². The maximum atomic E-state index is 2.49. The second kappa shape index (κ2) is 11.1. The third kappa shape index (κ3) is 4.28. The van der Waals surface area contributed by atoms with Gasteiger partial charge in [-0.15, -0.1) is 0 Å². The smallest absolute Gasteiger partial charge is 0.0582 e. The van der Waals surface area contributed by atoms with Crippen LogP contribution >= 0.6 is 0 Å². The van der Waals surface area contributed by atoms with Crippen molar-refractivity contribution in [1.82, 2.24) is 4.57 Å². The maximum Gasteiger partial charge on any atom is 0.0582 e. The summed E-state index contributed by atoms with van der Waals surface area (Å²) in [6.07, 6.45) is 0. The van der Waals surface area contributed by atoms with E-state index in [-0.39, 0.29) is 10.8 Å². The number of hydrogen-bond acceptors (Lipinski definition) is 1. The molecule has 9 aromatic rings. The molecule has 8 aromatic carbocycles. The summed E-state index contributed by atoms with van der Waals surface area (Å²) in [7, 11) is 0. The predicted octanol–water partition coefficient (Wildman–Crippen LogP) is 14.0. The van der Waals surface area contributed by atoms with Gasteiger partial charge in [-0.2, -0.15) is 0 Å². The molecular weight excluding hydrogens is 653 g/mol. The Morgan fingerprint density at radius 1 is 0.407 bits per heavy atom. The van der Waals surface area contributed by atoms with Gasteiger partial charge in [0, 0.05) is 38.7 Å². The molecule has 0 atom stereocenters. The van der Waals surface area contributed by atoms with E-state index in [0.717, 1.165) is 17.1 Å². The van der Waals surface area contributed by atoms with E-state index in [0.29, 0.717) is 0 Å². The normalized spacial score (nSPS) is 14.6. The molecule has 2 heteroatoms. The van der Waals surface area contributed by atoms with Crippen molar-refractivity contribution in [3.8, 4) is 27.9 Å². The van der Waals surface area contributed by atoms with Crippen molar-refractivity contribution in [2.24, 2.45) is 0 Å². The second-order valence-electron chi connectivity index (χ2n) is 16.2. The number of anilines is 3. The van der Waals surface area contributed by atoms with Crippen LogP contribution in [0.2, 0.25) is 0 Å². The molecule has 0 radical (unpaired) electrons. The van der Waals surface area contributed by atoms with Gasteiger partial charge in [-0.3, -0.25) is 0 Å². The van der Waals surface area contributed by atoms with Crippen molar-refractivity contribution in [3.63, 3.8) is 0 Å². The van der Waals surface area contributed by atoms with Gasteiger partial charge in [0.2, 0.25) is 0 Å². The molecule has 1 aromatic heterocycles. The Kier molecular flexibility index (Phi) is 6.39. The van der Waals surface area contributed by atoms with Crippen molar-refractivity contribution in [3.05, 3.63) is 192 Å². The standard InChI is InChI=1S/C52H40N2/c1-51(2)44-17-9-7-15-40(44)41-28-27-39(32-46(41)51)53(38-26-23-33-13-5-6-14-35(33)29-38)37-24-21-34(22-25-37)36-30-43-42-16-8-11-19-48(42)54-49-20-12-10-18-45(49)52(3,4)47(31-36)50(43)54/h5-32H,1-4H3. The molecule has 2 aliphatic rings. The van der Waals surface area contributed by atoms with Gasteiger partial charge >= 0.3 is 0 Å². The average Bonchev–Trinajstić information content (AvgIpc) is 3.66. The van der Waals surface area contributed by atoms with Crippen molar-refractivity contribution in [2.45, 2.75) is 38.5 Å². The van der Waals surface area contributed by atoms with E-state index < -0.39 is 0 Å². The number of para-hydroxylation sites is 2. The fourth-order valence-corrected chi connectivity index (χ4v) is 9.73. The second-order valence-corrected chi connectivity index (χ2v) is 16.2. The van der Waals surface area contributed by atoms with Gasteiger partial charge in [0.1, 0.15) is 0 Å². The average molecular weight is 693 g/mol. The highest BCUT2D eigenvalue weighted by atomic mass is 15.1. The van der Waals surface area contributed by atoms with Crippen LogP contribution < -0.4 is 4.90 Å². The van der Waals surface area contributed by atoms with Crippen molar-refractivity contribution in [1.29, 1.82) is 0 Å². The highest BCUT2D eigenvalue weighted by molar-refractivity contribution is 6.13. The molecule has 0 amide bonds. The SMILES string of the molecule is CC1(C)c2ccccc2-c2ccc(N(c3ccc(-c4cc5c6c(c4)c4ccccc4n6-c4ccccc4C5(C)C)cc3)c3ccc4ccccc4c3)cc21. The van der Waals surface area contributed by atoms with Crippen LogP contribution in [0.15, 0.2) is 170 Å². The first-order chi connectivity index (χ1) is 26.3. The topological polar surface area (TPSA) is 8.17 Å². The fraction of sp³-hybridized carbons (Fsp3) is 0.115. The fourth-order valence-electron chi connectivity index (χ4n) is 9.73. The van der Waals surface area contributed by atoms with Crippen molar-refractivity contribution in [2.75, 3.05) is 4.90 Å². The zero-order valence-electron chi connectivity index (χ0n) is 31.1. The van der Waals surface area contributed by atoms with Crippen LogP contribution in [0.25, 0.3) is 60.5 Å². The molecule has 258 valence electrons. The third-order valence-electron chi connectivity index (χ3n) is 12.5. The van der Waals surface area contributed by atoms with Gasteiger partial charge in [-0.05, 0) is 116 Å². The number of rotatable bonds is 4. The van der Waals surface area contributed by atoms with Gasteiger partial charge in [-0.1, -0.05) is 137 Å². The number of benzene rings is 8. The number of hydrogen-bond donors (Lipinski definition) is 0. The van der Waals surface area contributed by atoms with Gasteiger partial charge in [-0.25, -0.2) is 0 Å². The Balaban J connectivity index is 1.07. The molecule has 0 fully saturated rings. The summed E-state index contributed by atoms with van der Waals surface area (Å²) in [6.45, 7) is 9.48. The molecule has 0 saturated carbocycles. The quantitative estimate of drug-likeness (QED) is 0.178. The van der Waals surface area contributed by atoms with Crippen molar-refractivity contribution >= 4 is 49.6 Å². The summed E-state index contributed by atoms with van der Waals surface area (Å²) in [5.74, 6) is 0. The molecule has 0 N–H and O–H groups in total. The van der Waals surface area contributed by atoms with E-state index >= 15 is 0 Å². The zero-order valence-corrected chi connectivity index (χ0v) is 31.1. The minimum Gasteiger partial charge on any atom is -0.310 e. The Morgan fingerprint density at radius 3 is 1.89 bits per heavy atom. The summed E-state index contributed by atoms with van der Waals surface area (Å²) in [5, 5.41) is 5.08. The lowest BCUT2D eigenvalue weighted by Crippen LogP contribution is -2.26. The van der Waals surface area contributed by atoms with E-state index in [4.69, 9.17) is 0 Å². The number of fused-ring (bicyclic) bond motifs is 9. The predicted molar refractivity (Wildman–Crippen MR) is 228 cm³/mol. The van der Waals surface area contributed by atoms with E-state index in [1.54, 1.807) is 0 Å². The minimum atomic E-state index is -0.150. The number of aromatic nitrogens is 1. The summed E-state index contributed by atoms with van der Waals surface area (Å²) in [6, 6.07) is 63.3. The molecule has 1 aliphatic carbocycles. The van der Waals surface area contributed by atoms with Crippen LogP contribution in [0.1, 0.15) is 49.9 Å². The summed E-state index contributed by atoms with van der Waals surface area (Å²) < 4.78 is 2.49. The molecule has 0 bridgehead atoms. The lowest BCUT2D eigenvalue weighted by molar-refractivity contribution is 0.630. The molecular formula is C52H40N2. The van der Waals surface area contributed by atoms with Gasteiger partial charge in [0.25, 0.3) is 0 Å². The van der Waals surface area contributed by atoms with Crippen LogP contribution in [-0.4, -0.2) is 4.57 Å². The first-order valence-corrected chi connectivity index (χ1v) is 19.1. The molecule has 0 unspecified atom stereocenters. The largest absolute Gasteiger partial charge is 0.310 e. The van der Waals surface area contributed by atoms with E-state index in [9.17, 15) is 0 Å². The molecule has 1 aliphatic heterocycles. The van der Waals surface area contributed by atoms with Crippen LogP contribution in [0, 0.1) is 0 Å².